The first-order valence-electron chi connectivity index (χ1n) is 11.0. The van der Waals surface area contributed by atoms with Crippen molar-refractivity contribution >= 4 is 11.6 Å². The second kappa shape index (κ2) is 11.0. The average Bonchev–Trinajstić information content (AvgIpc) is 2.95. The molecule has 1 amide bonds. The van der Waals surface area contributed by atoms with Crippen molar-refractivity contribution in [3.8, 4) is 11.5 Å². The molecule has 6 heteroatoms. The normalized spacial score (nSPS) is 13.7. The Morgan fingerprint density at radius 1 is 1.03 bits per heavy atom. The molecule has 2 aromatic carbocycles. The van der Waals surface area contributed by atoms with Crippen LogP contribution in [0.5, 0.6) is 11.5 Å². The van der Waals surface area contributed by atoms with Gasteiger partial charge in [0.05, 0.1) is 20.6 Å². The van der Waals surface area contributed by atoms with E-state index in [1.54, 1.807) is 14.2 Å². The Balaban J connectivity index is 1.44. The van der Waals surface area contributed by atoms with Crippen LogP contribution in [-0.4, -0.2) is 70.2 Å². The number of nitrogens with one attached hydrogen (secondary N) is 1. The number of hydrogen-bond acceptors (Lipinski definition) is 5. The zero-order chi connectivity index (χ0) is 22.2. The van der Waals surface area contributed by atoms with Gasteiger partial charge in [-0.25, -0.2) is 0 Å². The van der Waals surface area contributed by atoms with Crippen molar-refractivity contribution in [2.75, 3.05) is 59.8 Å². The fraction of sp³-hybridized carbons (Fsp3) is 0.480. The van der Waals surface area contributed by atoms with Gasteiger partial charge in [-0.05, 0) is 73.8 Å². The highest BCUT2D eigenvalue weighted by Crippen LogP contribution is 2.27. The minimum Gasteiger partial charge on any atom is -0.493 e. The molecule has 2 aromatic rings. The van der Waals surface area contributed by atoms with Gasteiger partial charge in [0.1, 0.15) is 0 Å². The van der Waals surface area contributed by atoms with Crippen LogP contribution in [0.2, 0.25) is 0 Å². The molecule has 0 unspecified atom stereocenters. The fourth-order valence-corrected chi connectivity index (χ4v) is 4.08. The van der Waals surface area contributed by atoms with Gasteiger partial charge in [0.15, 0.2) is 11.5 Å². The minimum absolute atomic E-state index is 0.240. The number of methoxy groups -OCH3 is 2. The van der Waals surface area contributed by atoms with Gasteiger partial charge in [-0.2, -0.15) is 0 Å². The molecule has 1 aliphatic heterocycles. The van der Waals surface area contributed by atoms with E-state index in [1.165, 1.54) is 16.7 Å². The van der Waals surface area contributed by atoms with Gasteiger partial charge in [0.2, 0.25) is 5.91 Å². The molecule has 0 atom stereocenters. The molecule has 0 aromatic heterocycles. The molecule has 0 saturated carbocycles. The second-order valence-corrected chi connectivity index (χ2v) is 8.14. The third kappa shape index (κ3) is 6.14. The quantitative estimate of drug-likeness (QED) is 0.633. The van der Waals surface area contributed by atoms with Crippen molar-refractivity contribution < 1.29 is 14.3 Å². The third-order valence-electron chi connectivity index (χ3n) is 6.04. The lowest BCUT2D eigenvalue weighted by Gasteiger charge is -2.23. The SMILES string of the molecule is CNc1ccc2c(c1)CCN(CCCN(C)CCc1ccc(OC)c(OC)c1)C(=O)C2. The molecule has 0 saturated heterocycles. The van der Waals surface area contributed by atoms with E-state index in [0.29, 0.717) is 6.42 Å². The maximum atomic E-state index is 12.7. The molecular formula is C25H35N3O3. The van der Waals surface area contributed by atoms with Gasteiger partial charge < -0.3 is 24.6 Å². The molecule has 6 nitrogen and oxygen atoms in total. The Morgan fingerprint density at radius 2 is 1.84 bits per heavy atom. The van der Waals surface area contributed by atoms with Gasteiger partial charge in [-0.1, -0.05) is 12.1 Å². The number of nitrogens with zero attached hydrogens (tertiary/aromatic N) is 2. The topological polar surface area (TPSA) is 54.0 Å². The van der Waals surface area contributed by atoms with Crippen LogP contribution >= 0.6 is 0 Å². The van der Waals surface area contributed by atoms with Crippen LogP contribution in [0.25, 0.3) is 0 Å². The highest BCUT2D eigenvalue weighted by Gasteiger charge is 2.20. The first-order chi connectivity index (χ1) is 15.0. The lowest BCUT2D eigenvalue weighted by atomic mass is 10.0. The van der Waals surface area contributed by atoms with Crippen molar-refractivity contribution in [3.05, 3.63) is 53.1 Å². The predicted molar refractivity (Wildman–Crippen MR) is 125 cm³/mol. The molecule has 3 rings (SSSR count). The summed E-state index contributed by atoms with van der Waals surface area (Å²) in [5, 5.41) is 3.19. The maximum absolute atomic E-state index is 12.7. The number of ether oxygens (including phenoxy) is 2. The van der Waals surface area contributed by atoms with Crippen LogP contribution in [0.4, 0.5) is 5.69 Å². The van der Waals surface area contributed by atoms with Crippen molar-refractivity contribution in [2.24, 2.45) is 0 Å². The second-order valence-electron chi connectivity index (χ2n) is 8.14. The molecule has 0 bridgehead atoms. The van der Waals surface area contributed by atoms with Crippen molar-refractivity contribution in [3.63, 3.8) is 0 Å². The summed E-state index contributed by atoms with van der Waals surface area (Å²) in [5.74, 6) is 1.76. The van der Waals surface area contributed by atoms with Crippen LogP contribution in [0.1, 0.15) is 23.1 Å². The highest BCUT2D eigenvalue weighted by molar-refractivity contribution is 5.80. The van der Waals surface area contributed by atoms with E-state index in [-0.39, 0.29) is 5.91 Å². The monoisotopic (exact) mass is 425 g/mol. The van der Waals surface area contributed by atoms with Gasteiger partial charge in [-0.3, -0.25) is 4.79 Å². The van der Waals surface area contributed by atoms with Crippen LogP contribution in [0, 0.1) is 0 Å². The van der Waals surface area contributed by atoms with Crippen LogP contribution in [-0.2, 0) is 24.1 Å². The van der Waals surface area contributed by atoms with Gasteiger partial charge in [0.25, 0.3) is 0 Å². The number of likely N-dealkylation sites (N-methyl/N-ethyl adjacent to an activating group) is 1. The van der Waals surface area contributed by atoms with E-state index in [1.807, 2.05) is 24.1 Å². The number of carbonyl (C=O) groups excluding carboxylic acids is 1. The van der Waals surface area contributed by atoms with Crippen LogP contribution in [0.3, 0.4) is 0 Å². The Labute approximate surface area is 186 Å². The van der Waals surface area contributed by atoms with Gasteiger partial charge >= 0.3 is 0 Å². The summed E-state index contributed by atoms with van der Waals surface area (Å²) in [5.41, 5.74) is 4.79. The smallest absolute Gasteiger partial charge is 0.227 e. The number of benzene rings is 2. The summed E-state index contributed by atoms with van der Waals surface area (Å²) in [7, 11) is 7.38. The summed E-state index contributed by atoms with van der Waals surface area (Å²) in [6.45, 7) is 3.54. The van der Waals surface area contributed by atoms with Crippen molar-refractivity contribution in [1.29, 1.82) is 0 Å². The van der Waals surface area contributed by atoms with E-state index in [4.69, 9.17) is 9.47 Å². The molecule has 0 fully saturated rings. The summed E-state index contributed by atoms with van der Waals surface area (Å²) in [4.78, 5) is 17.1. The van der Waals surface area contributed by atoms with Crippen molar-refractivity contribution in [2.45, 2.75) is 25.7 Å². The average molecular weight is 426 g/mol. The molecule has 0 spiro atoms. The van der Waals surface area contributed by atoms with Crippen LogP contribution < -0.4 is 14.8 Å². The summed E-state index contributed by atoms with van der Waals surface area (Å²) in [6, 6.07) is 12.4. The number of hydrogen-bond donors (Lipinski definition) is 1. The number of carbonyl (C=O) groups is 1. The van der Waals surface area contributed by atoms with Crippen molar-refractivity contribution in [1.82, 2.24) is 9.80 Å². The van der Waals surface area contributed by atoms with E-state index >= 15 is 0 Å². The number of amides is 1. The third-order valence-corrected chi connectivity index (χ3v) is 6.04. The minimum atomic E-state index is 0.240. The molecular weight excluding hydrogens is 390 g/mol. The number of anilines is 1. The lowest BCUT2D eigenvalue weighted by molar-refractivity contribution is -0.130. The highest BCUT2D eigenvalue weighted by atomic mass is 16.5. The molecule has 0 aliphatic carbocycles. The van der Waals surface area contributed by atoms with E-state index in [0.717, 1.165) is 62.6 Å². The van der Waals surface area contributed by atoms with Gasteiger partial charge in [-0.15, -0.1) is 0 Å². The maximum Gasteiger partial charge on any atom is 0.227 e. The van der Waals surface area contributed by atoms with E-state index < -0.39 is 0 Å². The van der Waals surface area contributed by atoms with Crippen LogP contribution in [0.15, 0.2) is 36.4 Å². The molecule has 0 radical (unpaired) electrons. The van der Waals surface area contributed by atoms with E-state index in [9.17, 15) is 4.79 Å². The first-order valence-corrected chi connectivity index (χ1v) is 11.0. The standard InChI is InChI=1S/C25H35N3O3/c1-26-22-8-7-20-18-25(29)28(15-11-21(20)17-22)13-5-12-27(2)14-10-19-6-9-23(30-3)24(16-19)31-4/h6-9,16-17,26H,5,10-15,18H2,1-4H3. The number of fused-ring (bicyclic) bond motifs is 1. The van der Waals surface area contributed by atoms with E-state index in [2.05, 4.69) is 41.5 Å². The Kier molecular flexibility index (Phi) is 8.18. The lowest BCUT2D eigenvalue weighted by Crippen LogP contribution is -2.35. The van der Waals surface area contributed by atoms with Gasteiger partial charge in [0, 0.05) is 32.4 Å². The molecule has 1 heterocycles. The Bertz CT molecular complexity index is 884. The summed E-state index contributed by atoms with van der Waals surface area (Å²) >= 11 is 0. The summed E-state index contributed by atoms with van der Waals surface area (Å²) < 4.78 is 10.7. The predicted octanol–water partition coefficient (Wildman–Crippen LogP) is 3.24. The first kappa shape index (κ1) is 22.9. The molecule has 31 heavy (non-hydrogen) atoms. The zero-order valence-corrected chi connectivity index (χ0v) is 19.2. The summed E-state index contributed by atoms with van der Waals surface area (Å²) in [6.07, 6.45) is 3.36. The molecule has 1 N–H and O–H groups in total. The molecule has 1 aliphatic rings. The zero-order valence-electron chi connectivity index (χ0n) is 19.2. The number of rotatable bonds is 10. The fourth-order valence-electron chi connectivity index (χ4n) is 4.08. The Hall–Kier alpha value is -2.73. The largest absolute Gasteiger partial charge is 0.493 e. The molecule has 168 valence electrons. The Morgan fingerprint density at radius 3 is 2.58 bits per heavy atom.